The van der Waals surface area contributed by atoms with E-state index < -0.39 is 0 Å². The highest BCUT2D eigenvalue weighted by molar-refractivity contribution is 5.85. The molecule has 1 heteroatoms. The number of rotatable bonds is 1. The highest BCUT2D eigenvalue weighted by atomic mass is 16.1. The first-order chi connectivity index (χ1) is 14.3. The number of allylic oxidation sites excluding steroid dienone is 1. The van der Waals surface area contributed by atoms with E-state index in [-0.39, 0.29) is 5.41 Å². The molecule has 0 amide bonds. The van der Waals surface area contributed by atoms with Crippen molar-refractivity contribution in [2.45, 2.75) is 113 Å². The molecule has 5 aliphatic rings. The highest BCUT2D eigenvalue weighted by Crippen LogP contribution is 2.78. The van der Waals surface area contributed by atoms with Gasteiger partial charge in [0, 0.05) is 11.8 Å². The van der Waals surface area contributed by atoms with Crippen molar-refractivity contribution < 1.29 is 4.79 Å². The molecule has 31 heavy (non-hydrogen) atoms. The molecular formula is C30H48O. The van der Waals surface area contributed by atoms with Gasteiger partial charge in [0.2, 0.25) is 0 Å². The van der Waals surface area contributed by atoms with Crippen LogP contribution in [0.15, 0.2) is 12.2 Å². The van der Waals surface area contributed by atoms with Crippen molar-refractivity contribution in [2.75, 3.05) is 0 Å². The van der Waals surface area contributed by atoms with E-state index >= 15 is 0 Å². The van der Waals surface area contributed by atoms with Crippen LogP contribution >= 0.6 is 0 Å². The van der Waals surface area contributed by atoms with Crippen molar-refractivity contribution in [1.29, 1.82) is 0 Å². The van der Waals surface area contributed by atoms with Crippen molar-refractivity contribution in [1.82, 2.24) is 0 Å². The van der Waals surface area contributed by atoms with E-state index in [0.717, 1.165) is 36.5 Å². The second-order valence-corrected chi connectivity index (χ2v) is 14.4. The van der Waals surface area contributed by atoms with Crippen LogP contribution in [0, 0.1) is 56.7 Å². The van der Waals surface area contributed by atoms with E-state index in [9.17, 15) is 4.79 Å². The molecule has 5 fully saturated rings. The Bertz CT molecular complexity index is 807. The Hall–Kier alpha value is -0.590. The monoisotopic (exact) mass is 424 g/mol. The van der Waals surface area contributed by atoms with Crippen molar-refractivity contribution in [3.8, 4) is 0 Å². The van der Waals surface area contributed by atoms with Gasteiger partial charge in [0.25, 0.3) is 0 Å². The lowest BCUT2D eigenvalue weighted by Gasteiger charge is -2.73. The summed E-state index contributed by atoms with van der Waals surface area (Å²) in [4.78, 5) is 12.9. The van der Waals surface area contributed by atoms with Gasteiger partial charge in [0.05, 0.1) is 0 Å². The molecule has 0 radical (unpaired) electrons. The van der Waals surface area contributed by atoms with E-state index in [2.05, 4.69) is 55.0 Å². The first-order valence-electron chi connectivity index (χ1n) is 13.5. The predicted molar refractivity (Wildman–Crippen MR) is 130 cm³/mol. The summed E-state index contributed by atoms with van der Waals surface area (Å²) in [6, 6.07) is 0. The molecule has 0 aliphatic heterocycles. The largest absolute Gasteiger partial charge is 0.299 e. The summed E-state index contributed by atoms with van der Waals surface area (Å²) >= 11 is 0. The van der Waals surface area contributed by atoms with Crippen LogP contribution < -0.4 is 0 Å². The topological polar surface area (TPSA) is 17.1 Å². The SMILES string of the molecule is C=C(C)[C@@H]1CC[C@]2(C)CC[C@]3(C)C(CC[C@@]4(C)C5CCC(=O)C(C)(C)C5CC[C@]43C)C12. The zero-order valence-electron chi connectivity index (χ0n) is 21.6. The van der Waals surface area contributed by atoms with Gasteiger partial charge in [-0.1, -0.05) is 53.7 Å². The maximum atomic E-state index is 12.9. The minimum absolute atomic E-state index is 0.118. The van der Waals surface area contributed by atoms with Gasteiger partial charge in [-0.15, -0.1) is 0 Å². The number of hydrogen-bond acceptors (Lipinski definition) is 1. The molecule has 0 saturated heterocycles. The van der Waals surface area contributed by atoms with Crippen LogP contribution in [0.4, 0.5) is 0 Å². The zero-order chi connectivity index (χ0) is 22.6. The molecule has 0 aromatic heterocycles. The quantitative estimate of drug-likeness (QED) is 0.387. The Morgan fingerprint density at radius 1 is 0.774 bits per heavy atom. The van der Waals surface area contributed by atoms with Crippen LogP contribution in [0.25, 0.3) is 0 Å². The third-order valence-corrected chi connectivity index (χ3v) is 13.4. The molecule has 5 saturated carbocycles. The predicted octanol–water partition coefficient (Wildman–Crippen LogP) is 8.23. The normalized spacial score (nSPS) is 55.6. The molecule has 0 heterocycles. The summed E-state index contributed by atoms with van der Waals surface area (Å²) in [6.07, 6.45) is 13.0. The fourth-order valence-corrected chi connectivity index (χ4v) is 11.1. The van der Waals surface area contributed by atoms with Gasteiger partial charge in [-0.25, -0.2) is 0 Å². The number of ketones is 1. The van der Waals surface area contributed by atoms with Gasteiger partial charge < -0.3 is 0 Å². The van der Waals surface area contributed by atoms with Crippen molar-refractivity contribution >= 4 is 5.78 Å². The van der Waals surface area contributed by atoms with Gasteiger partial charge in [0.1, 0.15) is 5.78 Å². The lowest BCUT2D eigenvalue weighted by Crippen LogP contribution is -2.67. The number of Topliss-reactive ketones (excluding diaryl/α,β-unsaturated/α-hetero) is 1. The Kier molecular flexibility index (Phi) is 4.66. The van der Waals surface area contributed by atoms with Crippen LogP contribution in [-0.4, -0.2) is 5.78 Å². The van der Waals surface area contributed by atoms with Crippen LogP contribution in [0.1, 0.15) is 113 Å². The molecule has 5 rings (SSSR count). The number of carbonyl (C=O) groups is 1. The minimum Gasteiger partial charge on any atom is -0.299 e. The summed E-state index contributed by atoms with van der Waals surface area (Å²) in [5.41, 5.74) is 3.07. The molecule has 9 atom stereocenters. The Morgan fingerprint density at radius 3 is 2.10 bits per heavy atom. The summed E-state index contributed by atoms with van der Waals surface area (Å²) in [6.45, 7) is 22.1. The Morgan fingerprint density at radius 2 is 1.42 bits per heavy atom. The van der Waals surface area contributed by atoms with Crippen molar-refractivity contribution in [3.05, 3.63) is 12.2 Å². The van der Waals surface area contributed by atoms with Crippen molar-refractivity contribution in [2.24, 2.45) is 56.7 Å². The molecule has 0 N–H and O–H groups in total. The second kappa shape index (κ2) is 6.50. The number of hydrogen-bond donors (Lipinski definition) is 0. The first kappa shape index (κ1) is 22.2. The minimum atomic E-state index is -0.118. The average Bonchev–Trinajstić information content (AvgIpc) is 3.04. The lowest BCUT2D eigenvalue weighted by atomic mass is 9.31. The Labute approximate surface area is 192 Å². The molecule has 0 spiro atoms. The number of carbonyl (C=O) groups excluding carboxylic acids is 1. The fourth-order valence-electron chi connectivity index (χ4n) is 11.1. The average molecular weight is 425 g/mol. The molecule has 5 aliphatic carbocycles. The summed E-state index contributed by atoms with van der Waals surface area (Å²) in [5, 5.41) is 0. The van der Waals surface area contributed by atoms with Crippen LogP contribution in [0.3, 0.4) is 0 Å². The van der Waals surface area contributed by atoms with E-state index in [0.29, 0.717) is 33.4 Å². The van der Waals surface area contributed by atoms with Gasteiger partial charge >= 0.3 is 0 Å². The molecule has 174 valence electrons. The van der Waals surface area contributed by atoms with E-state index in [1.165, 1.54) is 56.9 Å². The number of fused-ring (bicyclic) bond motifs is 7. The van der Waals surface area contributed by atoms with E-state index in [1.54, 1.807) is 0 Å². The van der Waals surface area contributed by atoms with Crippen LogP contribution in [0.5, 0.6) is 0 Å². The van der Waals surface area contributed by atoms with E-state index in [4.69, 9.17) is 0 Å². The summed E-state index contributed by atoms with van der Waals surface area (Å²) < 4.78 is 0. The van der Waals surface area contributed by atoms with Crippen LogP contribution in [-0.2, 0) is 4.79 Å². The Balaban J connectivity index is 1.56. The lowest BCUT2D eigenvalue weighted by molar-refractivity contribution is -0.247. The highest BCUT2D eigenvalue weighted by Gasteiger charge is 2.71. The molecule has 1 nitrogen and oxygen atoms in total. The third-order valence-electron chi connectivity index (χ3n) is 13.4. The molecular weight excluding hydrogens is 376 g/mol. The maximum Gasteiger partial charge on any atom is 0.138 e. The summed E-state index contributed by atoms with van der Waals surface area (Å²) in [7, 11) is 0. The smallest absolute Gasteiger partial charge is 0.138 e. The third kappa shape index (κ3) is 2.53. The molecule has 0 aromatic carbocycles. The standard InChI is InChI=1S/C30H48O/c1-19(2)20-11-14-27(5)17-18-29(7)23(25(20)27)12-15-28(6)22-9-10-24(31)26(3,4)21(22)13-16-30(28,29)8/h20-23,25H,1,9-18H2,2-8H3/t20-,21?,22?,23?,25?,27+,28-,29+,30+/m0/s1. The first-order valence-corrected chi connectivity index (χ1v) is 13.5. The van der Waals surface area contributed by atoms with Gasteiger partial charge in [0.15, 0.2) is 0 Å². The maximum absolute atomic E-state index is 12.9. The van der Waals surface area contributed by atoms with Gasteiger partial charge in [-0.3, -0.25) is 4.79 Å². The zero-order valence-corrected chi connectivity index (χ0v) is 21.6. The van der Waals surface area contributed by atoms with Gasteiger partial charge in [-0.05, 0) is 116 Å². The van der Waals surface area contributed by atoms with Gasteiger partial charge in [-0.2, -0.15) is 0 Å². The molecule has 0 aromatic rings. The van der Waals surface area contributed by atoms with Crippen LogP contribution in [0.2, 0.25) is 0 Å². The summed E-state index contributed by atoms with van der Waals surface area (Å²) in [5.74, 6) is 4.28. The van der Waals surface area contributed by atoms with Crippen molar-refractivity contribution in [3.63, 3.8) is 0 Å². The van der Waals surface area contributed by atoms with E-state index in [1.807, 2.05) is 0 Å². The fraction of sp³-hybridized carbons (Fsp3) is 0.900. The molecule has 0 bridgehead atoms. The second-order valence-electron chi connectivity index (χ2n) is 14.4. The molecule has 4 unspecified atom stereocenters.